The standard InChI is InChI=1S/C14H20N2O2/c1-9-10-7-13(17-3)14(18-4)8-12(10)16(2)11(9)5-6-15/h7-8H,5-6,15H2,1-4H3. The van der Waals surface area contributed by atoms with Gasteiger partial charge < -0.3 is 19.8 Å². The average molecular weight is 248 g/mol. The molecule has 2 N–H and O–H groups in total. The number of rotatable bonds is 4. The SMILES string of the molecule is COc1cc2c(C)c(CCN)n(C)c2cc1OC. The van der Waals surface area contributed by atoms with Gasteiger partial charge in [-0.15, -0.1) is 0 Å². The summed E-state index contributed by atoms with van der Waals surface area (Å²) >= 11 is 0. The topological polar surface area (TPSA) is 49.4 Å². The summed E-state index contributed by atoms with van der Waals surface area (Å²) in [6, 6.07) is 4.05. The zero-order valence-electron chi connectivity index (χ0n) is 11.4. The minimum absolute atomic E-state index is 0.652. The maximum absolute atomic E-state index is 5.67. The Labute approximate surface area is 107 Å². The average Bonchev–Trinajstić information content (AvgIpc) is 2.62. The molecular weight excluding hydrogens is 228 g/mol. The number of nitrogens with zero attached hydrogens (tertiary/aromatic N) is 1. The fourth-order valence-electron chi connectivity index (χ4n) is 2.49. The molecule has 0 amide bonds. The lowest BCUT2D eigenvalue weighted by Gasteiger charge is -2.08. The van der Waals surface area contributed by atoms with Crippen LogP contribution in [0.1, 0.15) is 11.3 Å². The Morgan fingerprint density at radius 1 is 1.17 bits per heavy atom. The second-order valence-corrected chi connectivity index (χ2v) is 4.39. The lowest BCUT2D eigenvalue weighted by atomic mass is 10.1. The van der Waals surface area contributed by atoms with E-state index in [-0.39, 0.29) is 0 Å². The fourth-order valence-corrected chi connectivity index (χ4v) is 2.49. The monoisotopic (exact) mass is 248 g/mol. The Kier molecular flexibility index (Phi) is 3.48. The Balaban J connectivity index is 2.73. The van der Waals surface area contributed by atoms with Crippen LogP contribution < -0.4 is 15.2 Å². The Bertz CT molecular complexity index is 526. The number of methoxy groups -OCH3 is 2. The highest BCUT2D eigenvalue weighted by molar-refractivity contribution is 5.88. The molecule has 0 fully saturated rings. The minimum atomic E-state index is 0.652. The van der Waals surface area contributed by atoms with Gasteiger partial charge in [-0.2, -0.15) is 0 Å². The first-order valence-corrected chi connectivity index (χ1v) is 6.04. The van der Waals surface area contributed by atoms with Crippen molar-refractivity contribution in [3.63, 3.8) is 0 Å². The van der Waals surface area contributed by atoms with Crippen LogP contribution in [0.25, 0.3) is 10.9 Å². The van der Waals surface area contributed by atoms with Gasteiger partial charge in [0.15, 0.2) is 11.5 Å². The highest BCUT2D eigenvalue weighted by atomic mass is 16.5. The highest BCUT2D eigenvalue weighted by Gasteiger charge is 2.15. The lowest BCUT2D eigenvalue weighted by Crippen LogP contribution is -2.07. The van der Waals surface area contributed by atoms with Crippen molar-refractivity contribution < 1.29 is 9.47 Å². The van der Waals surface area contributed by atoms with Crippen LogP contribution in [0.3, 0.4) is 0 Å². The number of benzene rings is 1. The third-order valence-corrected chi connectivity index (χ3v) is 3.49. The highest BCUT2D eigenvalue weighted by Crippen LogP contribution is 2.35. The molecule has 0 aliphatic heterocycles. The maximum Gasteiger partial charge on any atom is 0.162 e. The van der Waals surface area contributed by atoms with E-state index in [1.807, 2.05) is 12.1 Å². The molecule has 0 aliphatic carbocycles. The fraction of sp³-hybridized carbons (Fsp3) is 0.429. The quantitative estimate of drug-likeness (QED) is 0.900. The molecule has 4 heteroatoms. The predicted octanol–water partition coefficient (Wildman–Crippen LogP) is 2.01. The van der Waals surface area contributed by atoms with E-state index in [1.54, 1.807) is 14.2 Å². The van der Waals surface area contributed by atoms with Gasteiger partial charge in [0.25, 0.3) is 0 Å². The molecule has 0 saturated carbocycles. The molecule has 0 unspecified atom stereocenters. The van der Waals surface area contributed by atoms with Crippen LogP contribution in [0.2, 0.25) is 0 Å². The van der Waals surface area contributed by atoms with Crippen molar-refractivity contribution in [2.24, 2.45) is 12.8 Å². The molecule has 0 saturated heterocycles. The van der Waals surface area contributed by atoms with Crippen molar-refractivity contribution in [3.8, 4) is 11.5 Å². The third-order valence-electron chi connectivity index (χ3n) is 3.49. The molecule has 0 aliphatic rings. The molecule has 98 valence electrons. The molecule has 2 aromatic rings. The Morgan fingerprint density at radius 3 is 2.33 bits per heavy atom. The van der Waals surface area contributed by atoms with Gasteiger partial charge in [-0.1, -0.05) is 0 Å². The van der Waals surface area contributed by atoms with Crippen LogP contribution in [0.15, 0.2) is 12.1 Å². The van der Waals surface area contributed by atoms with Gasteiger partial charge in [0.2, 0.25) is 0 Å². The van der Waals surface area contributed by atoms with E-state index in [0.29, 0.717) is 6.54 Å². The van der Waals surface area contributed by atoms with Gasteiger partial charge in [0.05, 0.1) is 19.7 Å². The van der Waals surface area contributed by atoms with E-state index in [4.69, 9.17) is 15.2 Å². The summed E-state index contributed by atoms with van der Waals surface area (Å²) in [5, 5.41) is 1.19. The van der Waals surface area contributed by atoms with E-state index in [1.165, 1.54) is 16.6 Å². The molecule has 4 nitrogen and oxygen atoms in total. The first kappa shape index (κ1) is 12.8. The van der Waals surface area contributed by atoms with Crippen LogP contribution in [0, 0.1) is 6.92 Å². The first-order chi connectivity index (χ1) is 8.63. The zero-order valence-corrected chi connectivity index (χ0v) is 11.4. The second-order valence-electron chi connectivity index (χ2n) is 4.39. The van der Waals surface area contributed by atoms with Crippen LogP contribution in [0.5, 0.6) is 11.5 Å². The van der Waals surface area contributed by atoms with Crippen LogP contribution >= 0.6 is 0 Å². The number of ether oxygens (including phenoxy) is 2. The summed E-state index contributed by atoms with van der Waals surface area (Å²) in [6.45, 7) is 2.78. The molecule has 0 bridgehead atoms. The van der Waals surface area contributed by atoms with Crippen molar-refractivity contribution in [3.05, 3.63) is 23.4 Å². The predicted molar refractivity (Wildman–Crippen MR) is 73.5 cm³/mol. The first-order valence-electron chi connectivity index (χ1n) is 6.04. The van der Waals surface area contributed by atoms with Crippen molar-refractivity contribution in [2.45, 2.75) is 13.3 Å². The molecule has 1 aromatic carbocycles. The van der Waals surface area contributed by atoms with Crippen molar-refractivity contribution >= 4 is 10.9 Å². The molecule has 0 atom stereocenters. The van der Waals surface area contributed by atoms with Crippen LogP contribution in [0.4, 0.5) is 0 Å². The summed E-state index contributed by atoms with van der Waals surface area (Å²) in [4.78, 5) is 0. The van der Waals surface area contributed by atoms with Gasteiger partial charge in [-0.25, -0.2) is 0 Å². The Hall–Kier alpha value is -1.68. The van der Waals surface area contributed by atoms with Gasteiger partial charge in [-0.3, -0.25) is 0 Å². The van der Waals surface area contributed by atoms with E-state index in [0.717, 1.165) is 23.4 Å². The summed E-state index contributed by atoms with van der Waals surface area (Å²) in [6.07, 6.45) is 0.877. The van der Waals surface area contributed by atoms with E-state index in [2.05, 4.69) is 18.5 Å². The Morgan fingerprint density at radius 2 is 1.78 bits per heavy atom. The van der Waals surface area contributed by atoms with Crippen molar-refractivity contribution in [1.29, 1.82) is 0 Å². The molecule has 0 spiro atoms. The van der Waals surface area contributed by atoms with Crippen molar-refractivity contribution in [2.75, 3.05) is 20.8 Å². The van der Waals surface area contributed by atoms with Crippen LogP contribution in [-0.4, -0.2) is 25.3 Å². The normalized spacial score (nSPS) is 10.9. The number of aryl methyl sites for hydroxylation is 2. The van der Waals surface area contributed by atoms with Crippen LogP contribution in [-0.2, 0) is 13.5 Å². The minimum Gasteiger partial charge on any atom is -0.493 e. The van der Waals surface area contributed by atoms with Gasteiger partial charge in [-0.05, 0) is 25.1 Å². The second kappa shape index (κ2) is 4.90. The smallest absolute Gasteiger partial charge is 0.162 e. The summed E-state index contributed by atoms with van der Waals surface area (Å²) in [5.74, 6) is 1.52. The summed E-state index contributed by atoms with van der Waals surface area (Å²) in [7, 11) is 5.37. The molecular formula is C14H20N2O2. The van der Waals surface area contributed by atoms with E-state index in [9.17, 15) is 0 Å². The van der Waals surface area contributed by atoms with Gasteiger partial charge in [0.1, 0.15) is 0 Å². The number of aromatic nitrogens is 1. The number of nitrogens with two attached hydrogens (primary N) is 1. The maximum atomic E-state index is 5.67. The molecule has 18 heavy (non-hydrogen) atoms. The molecule has 1 heterocycles. The van der Waals surface area contributed by atoms with Gasteiger partial charge >= 0.3 is 0 Å². The number of hydrogen-bond acceptors (Lipinski definition) is 3. The number of fused-ring (bicyclic) bond motifs is 1. The lowest BCUT2D eigenvalue weighted by molar-refractivity contribution is 0.355. The third kappa shape index (κ3) is 1.82. The van der Waals surface area contributed by atoms with Crippen molar-refractivity contribution in [1.82, 2.24) is 4.57 Å². The molecule has 1 aromatic heterocycles. The van der Waals surface area contributed by atoms with E-state index < -0.39 is 0 Å². The summed E-state index contributed by atoms with van der Waals surface area (Å²) < 4.78 is 12.9. The van der Waals surface area contributed by atoms with E-state index >= 15 is 0 Å². The largest absolute Gasteiger partial charge is 0.493 e. The van der Waals surface area contributed by atoms with Gasteiger partial charge in [0, 0.05) is 30.6 Å². The zero-order chi connectivity index (χ0) is 13.3. The molecule has 0 radical (unpaired) electrons. The molecule has 2 rings (SSSR count). The number of hydrogen-bond donors (Lipinski definition) is 1. The summed E-state index contributed by atoms with van der Waals surface area (Å²) in [5.41, 5.74) is 9.35.